The van der Waals surface area contributed by atoms with E-state index in [1.165, 1.54) is 22.3 Å². The van der Waals surface area contributed by atoms with Crippen LogP contribution in [0.5, 0.6) is 0 Å². The molecule has 0 saturated heterocycles. The molecule has 0 aliphatic rings. The maximum Gasteiger partial charge on any atom is 0.173 e. The Morgan fingerprint density at radius 1 is 0.810 bits per heavy atom. The van der Waals surface area contributed by atoms with Gasteiger partial charge in [-0.3, -0.25) is 4.98 Å². The lowest BCUT2D eigenvalue weighted by Gasteiger charge is -1.99. The molecule has 0 fully saturated rings. The highest BCUT2D eigenvalue weighted by atomic mass is 32.1. The Kier molecular flexibility index (Phi) is 2.94. The monoisotopic (exact) mass is 289 g/mol. The van der Waals surface area contributed by atoms with Gasteiger partial charge in [0.15, 0.2) is 10.8 Å². The minimum absolute atomic E-state index is 0.756. The van der Waals surface area contributed by atoms with Crippen molar-refractivity contribution in [2.75, 3.05) is 0 Å². The number of rotatable bonds is 2. The molecule has 0 aliphatic carbocycles. The maximum absolute atomic E-state index is 4.60. The SMILES string of the molecule is c1ccc(-c2nc(-c3ccc4ccccc4c3)ns2)nc1. The van der Waals surface area contributed by atoms with Crippen LogP contribution in [0.2, 0.25) is 0 Å². The Bertz CT molecular complexity index is 900. The molecule has 4 rings (SSSR count). The summed E-state index contributed by atoms with van der Waals surface area (Å²) in [6.45, 7) is 0. The van der Waals surface area contributed by atoms with Crippen molar-refractivity contribution in [3.05, 3.63) is 66.9 Å². The maximum atomic E-state index is 4.60. The van der Waals surface area contributed by atoms with E-state index in [1.807, 2.05) is 30.3 Å². The van der Waals surface area contributed by atoms with Gasteiger partial charge in [0.25, 0.3) is 0 Å². The van der Waals surface area contributed by atoms with Gasteiger partial charge >= 0.3 is 0 Å². The van der Waals surface area contributed by atoms with Gasteiger partial charge in [-0.2, -0.15) is 4.37 Å². The van der Waals surface area contributed by atoms with E-state index in [0.29, 0.717) is 0 Å². The number of pyridine rings is 1. The second-order valence-electron chi connectivity index (χ2n) is 4.70. The second kappa shape index (κ2) is 5.07. The first-order valence-corrected chi connectivity index (χ1v) is 7.42. The molecule has 2 heterocycles. The molecule has 3 nitrogen and oxygen atoms in total. The van der Waals surface area contributed by atoms with Gasteiger partial charge in [-0.25, -0.2) is 4.98 Å². The molecule has 0 radical (unpaired) electrons. The molecule has 0 atom stereocenters. The summed E-state index contributed by atoms with van der Waals surface area (Å²) in [5.41, 5.74) is 1.90. The van der Waals surface area contributed by atoms with E-state index < -0.39 is 0 Å². The minimum atomic E-state index is 0.756. The predicted molar refractivity (Wildman–Crippen MR) is 86.1 cm³/mol. The first kappa shape index (κ1) is 12.2. The fourth-order valence-electron chi connectivity index (χ4n) is 2.26. The quantitative estimate of drug-likeness (QED) is 0.548. The molecule has 0 bridgehead atoms. The Hall–Kier alpha value is -2.59. The van der Waals surface area contributed by atoms with E-state index in [-0.39, 0.29) is 0 Å². The summed E-state index contributed by atoms with van der Waals surface area (Å²) < 4.78 is 4.46. The summed E-state index contributed by atoms with van der Waals surface area (Å²) in [7, 11) is 0. The number of nitrogens with zero attached hydrogens (tertiary/aromatic N) is 3. The van der Waals surface area contributed by atoms with Crippen LogP contribution in [0.3, 0.4) is 0 Å². The number of hydrogen-bond donors (Lipinski definition) is 0. The van der Waals surface area contributed by atoms with E-state index in [2.05, 4.69) is 44.7 Å². The lowest BCUT2D eigenvalue weighted by atomic mass is 10.1. The molecule has 21 heavy (non-hydrogen) atoms. The van der Waals surface area contributed by atoms with Gasteiger partial charge in [-0.05, 0) is 40.5 Å². The lowest BCUT2D eigenvalue weighted by Crippen LogP contribution is -1.83. The van der Waals surface area contributed by atoms with Gasteiger partial charge in [0.05, 0.1) is 0 Å². The van der Waals surface area contributed by atoms with Crippen molar-refractivity contribution >= 4 is 22.3 Å². The van der Waals surface area contributed by atoms with Crippen molar-refractivity contribution in [1.29, 1.82) is 0 Å². The Balaban J connectivity index is 1.77. The molecular weight excluding hydrogens is 278 g/mol. The molecule has 2 aromatic heterocycles. The standard InChI is InChI=1S/C17H11N3S/c1-2-6-13-11-14(9-8-12(13)5-1)16-19-17(21-20-16)15-7-3-4-10-18-15/h1-11H. The number of benzene rings is 2. The van der Waals surface area contributed by atoms with Gasteiger partial charge in [0, 0.05) is 11.8 Å². The average molecular weight is 289 g/mol. The molecule has 4 heteroatoms. The summed E-state index contributed by atoms with van der Waals surface area (Å²) in [5.74, 6) is 0.756. The van der Waals surface area contributed by atoms with E-state index in [0.717, 1.165) is 22.1 Å². The van der Waals surface area contributed by atoms with Gasteiger partial charge in [-0.1, -0.05) is 42.5 Å². The topological polar surface area (TPSA) is 38.7 Å². The lowest BCUT2D eigenvalue weighted by molar-refractivity contribution is 1.27. The molecule has 100 valence electrons. The fraction of sp³-hybridized carbons (Fsp3) is 0. The van der Waals surface area contributed by atoms with Crippen molar-refractivity contribution in [3.63, 3.8) is 0 Å². The van der Waals surface area contributed by atoms with E-state index in [1.54, 1.807) is 6.20 Å². The van der Waals surface area contributed by atoms with E-state index in [4.69, 9.17) is 0 Å². The average Bonchev–Trinajstić information content (AvgIpc) is 3.05. The Morgan fingerprint density at radius 3 is 2.52 bits per heavy atom. The normalized spacial score (nSPS) is 10.9. The highest BCUT2D eigenvalue weighted by Gasteiger charge is 2.09. The van der Waals surface area contributed by atoms with Crippen molar-refractivity contribution in [1.82, 2.24) is 14.3 Å². The largest absolute Gasteiger partial charge is 0.254 e. The third kappa shape index (κ3) is 2.30. The van der Waals surface area contributed by atoms with Gasteiger partial charge in [-0.15, -0.1) is 0 Å². The highest BCUT2D eigenvalue weighted by molar-refractivity contribution is 7.09. The number of hydrogen-bond acceptors (Lipinski definition) is 4. The zero-order valence-electron chi connectivity index (χ0n) is 11.1. The molecule has 4 aromatic rings. The van der Waals surface area contributed by atoms with Crippen molar-refractivity contribution in [2.24, 2.45) is 0 Å². The zero-order valence-corrected chi connectivity index (χ0v) is 11.9. The number of aromatic nitrogens is 3. The van der Waals surface area contributed by atoms with Crippen LogP contribution in [0.1, 0.15) is 0 Å². The van der Waals surface area contributed by atoms with Crippen LogP contribution < -0.4 is 0 Å². The Labute approximate surface area is 126 Å². The van der Waals surface area contributed by atoms with Crippen molar-refractivity contribution < 1.29 is 0 Å². The molecule has 0 amide bonds. The highest BCUT2D eigenvalue weighted by Crippen LogP contribution is 2.26. The summed E-state index contributed by atoms with van der Waals surface area (Å²) >= 11 is 1.38. The van der Waals surface area contributed by atoms with Gasteiger partial charge in [0.2, 0.25) is 0 Å². The summed E-state index contributed by atoms with van der Waals surface area (Å²) in [5, 5.41) is 3.27. The number of fused-ring (bicyclic) bond motifs is 1. The van der Waals surface area contributed by atoms with Crippen LogP contribution in [-0.2, 0) is 0 Å². The molecule has 0 unspecified atom stereocenters. The van der Waals surface area contributed by atoms with Gasteiger partial charge < -0.3 is 0 Å². The molecule has 0 saturated carbocycles. The van der Waals surface area contributed by atoms with E-state index in [9.17, 15) is 0 Å². The van der Waals surface area contributed by atoms with Gasteiger partial charge in [0.1, 0.15) is 5.69 Å². The minimum Gasteiger partial charge on any atom is -0.254 e. The summed E-state index contributed by atoms with van der Waals surface area (Å²) in [6.07, 6.45) is 1.77. The third-order valence-corrected chi connectivity index (χ3v) is 4.06. The first-order chi connectivity index (χ1) is 10.4. The smallest absolute Gasteiger partial charge is 0.173 e. The third-order valence-electron chi connectivity index (χ3n) is 3.32. The summed E-state index contributed by atoms with van der Waals surface area (Å²) in [6, 6.07) is 20.4. The van der Waals surface area contributed by atoms with Crippen LogP contribution in [0.4, 0.5) is 0 Å². The zero-order chi connectivity index (χ0) is 14.1. The fourth-order valence-corrected chi connectivity index (χ4v) is 2.92. The van der Waals surface area contributed by atoms with Crippen LogP contribution >= 0.6 is 11.5 Å². The molecule has 0 spiro atoms. The Morgan fingerprint density at radius 2 is 1.67 bits per heavy atom. The van der Waals surface area contributed by atoms with E-state index >= 15 is 0 Å². The van der Waals surface area contributed by atoms with Crippen LogP contribution in [-0.4, -0.2) is 14.3 Å². The molecule has 0 aliphatic heterocycles. The van der Waals surface area contributed by atoms with Crippen LogP contribution in [0.25, 0.3) is 32.9 Å². The molecule has 0 N–H and O–H groups in total. The molecular formula is C17H11N3S. The van der Waals surface area contributed by atoms with Crippen LogP contribution in [0.15, 0.2) is 66.9 Å². The van der Waals surface area contributed by atoms with Crippen molar-refractivity contribution in [3.8, 4) is 22.1 Å². The first-order valence-electron chi connectivity index (χ1n) is 6.64. The van der Waals surface area contributed by atoms with Crippen LogP contribution in [0, 0.1) is 0 Å². The molecule has 2 aromatic carbocycles. The van der Waals surface area contributed by atoms with Crippen molar-refractivity contribution in [2.45, 2.75) is 0 Å². The summed E-state index contributed by atoms with van der Waals surface area (Å²) in [4.78, 5) is 8.92. The second-order valence-corrected chi connectivity index (χ2v) is 5.45. The predicted octanol–water partition coefficient (Wildman–Crippen LogP) is 4.42.